The summed E-state index contributed by atoms with van der Waals surface area (Å²) in [6, 6.07) is 7.52. The van der Waals surface area contributed by atoms with Crippen LogP contribution in [-0.4, -0.2) is 18.9 Å². The van der Waals surface area contributed by atoms with Crippen LogP contribution in [0.2, 0.25) is 0 Å². The average molecular weight is 256 g/mol. The molecule has 19 heavy (non-hydrogen) atoms. The van der Waals surface area contributed by atoms with Gasteiger partial charge in [0.1, 0.15) is 0 Å². The lowest BCUT2D eigenvalue weighted by Gasteiger charge is -2.35. The van der Waals surface area contributed by atoms with Crippen LogP contribution < -0.4 is 4.90 Å². The van der Waals surface area contributed by atoms with Crippen LogP contribution in [0.4, 0.5) is 5.69 Å². The Labute approximate surface area is 114 Å². The first-order valence-corrected chi connectivity index (χ1v) is 6.95. The minimum Gasteiger partial charge on any atom is -0.371 e. The normalized spacial score (nSPS) is 19.0. The summed E-state index contributed by atoms with van der Waals surface area (Å²) in [7, 11) is 0. The quantitative estimate of drug-likeness (QED) is 0.779. The van der Waals surface area contributed by atoms with E-state index in [9.17, 15) is 4.79 Å². The lowest BCUT2D eigenvalue weighted by molar-refractivity contribution is 0.101. The van der Waals surface area contributed by atoms with Crippen LogP contribution in [0.3, 0.4) is 0 Å². The van der Waals surface area contributed by atoms with Crippen LogP contribution in [0.25, 0.3) is 0 Å². The number of rotatable bonds is 3. The Morgan fingerprint density at radius 3 is 2.95 bits per heavy atom. The molecule has 1 aromatic rings. The number of hydrogen-bond donors (Lipinski definition) is 0. The van der Waals surface area contributed by atoms with Crippen molar-refractivity contribution in [2.24, 2.45) is 5.92 Å². The number of Topliss-reactive ketones (excluding diaryl/α,β-unsaturated/α-hetero) is 1. The Morgan fingerprint density at radius 1 is 1.53 bits per heavy atom. The Bertz CT molecular complexity index is 516. The van der Waals surface area contributed by atoms with Crippen LogP contribution in [-0.2, 0) is 0 Å². The van der Waals surface area contributed by atoms with Gasteiger partial charge in [-0.1, -0.05) is 13.3 Å². The lowest BCUT2D eigenvalue weighted by Crippen LogP contribution is -2.36. The fourth-order valence-corrected chi connectivity index (χ4v) is 2.78. The summed E-state index contributed by atoms with van der Waals surface area (Å²) < 4.78 is 0. The van der Waals surface area contributed by atoms with Crippen molar-refractivity contribution in [2.45, 2.75) is 33.1 Å². The molecular weight excluding hydrogens is 236 g/mol. The molecule has 0 radical (unpaired) electrons. The zero-order valence-electron chi connectivity index (χ0n) is 11.6. The van der Waals surface area contributed by atoms with Gasteiger partial charge in [-0.05, 0) is 43.9 Å². The van der Waals surface area contributed by atoms with Gasteiger partial charge in [-0.3, -0.25) is 4.79 Å². The van der Waals surface area contributed by atoms with E-state index in [1.54, 1.807) is 19.1 Å². The molecule has 0 N–H and O–H groups in total. The summed E-state index contributed by atoms with van der Waals surface area (Å²) in [5, 5.41) is 9.03. The number of carbonyl (C=O) groups is 1. The topological polar surface area (TPSA) is 44.1 Å². The van der Waals surface area contributed by atoms with Crippen LogP contribution in [0.1, 0.15) is 49.0 Å². The first kappa shape index (κ1) is 13.6. The molecule has 0 bridgehead atoms. The van der Waals surface area contributed by atoms with E-state index in [0.29, 0.717) is 11.5 Å². The van der Waals surface area contributed by atoms with Crippen molar-refractivity contribution in [3.05, 3.63) is 29.3 Å². The number of anilines is 1. The molecule has 1 atom stereocenters. The third kappa shape index (κ3) is 2.96. The molecule has 0 amide bonds. The largest absolute Gasteiger partial charge is 0.371 e. The Balaban J connectivity index is 2.36. The highest BCUT2D eigenvalue weighted by Gasteiger charge is 2.22. The van der Waals surface area contributed by atoms with Gasteiger partial charge in [-0.15, -0.1) is 0 Å². The van der Waals surface area contributed by atoms with Crippen LogP contribution in [0.5, 0.6) is 0 Å². The van der Waals surface area contributed by atoms with Crippen LogP contribution in [0.15, 0.2) is 18.2 Å². The molecule has 0 saturated carbocycles. The SMILES string of the molecule is CCC1CCCN(c2cc(C#N)ccc2C(C)=O)C1. The van der Waals surface area contributed by atoms with Gasteiger partial charge in [0.2, 0.25) is 0 Å². The Kier molecular flexibility index (Phi) is 4.21. The molecular formula is C16H20N2O. The number of carbonyl (C=O) groups excluding carboxylic acids is 1. The van der Waals surface area contributed by atoms with Gasteiger partial charge in [-0.25, -0.2) is 0 Å². The van der Waals surface area contributed by atoms with Gasteiger partial charge < -0.3 is 4.90 Å². The summed E-state index contributed by atoms with van der Waals surface area (Å²) in [6.07, 6.45) is 3.59. The van der Waals surface area contributed by atoms with Crippen molar-refractivity contribution in [1.82, 2.24) is 0 Å². The van der Waals surface area contributed by atoms with E-state index in [4.69, 9.17) is 5.26 Å². The number of nitrogens with zero attached hydrogens (tertiary/aromatic N) is 2. The maximum absolute atomic E-state index is 11.7. The Hall–Kier alpha value is -1.82. The number of nitriles is 1. The molecule has 3 heteroatoms. The third-order valence-corrected chi connectivity index (χ3v) is 3.94. The first-order valence-electron chi connectivity index (χ1n) is 6.95. The highest BCUT2D eigenvalue weighted by atomic mass is 16.1. The summed E-state index contributed by atoms with van der Waals surface area (Å²) in [5.41, 5.74) is 2.29. The molecule has 1 unspecified atom stereocenters. The van der Waals surface area contributed by atoms with E-state index in [1.165, 1.54) is 12.8 Å². The second kappa shape index (κ2) is 5.88. The molecule has 1 aromatic carbocycles. The smallest absolute Gasteiger partial charge is 0.161 e. The molecule has 3 nitrogen and oxygen atoms in total. The monoisotopic (exact) mass is 256 g/mol. The fraction of sp³-hybridized carbons (Fsp3) is 0.500. The standard InChI is InChI=1S/C16H20N2O/c1-3-13-5-4-8-18(11-13)16-9-14(10-17)6-7-15(16)12(2)19/h6-7,9,13H,3-5,8,11H2,1-2H3. The van der Waals surface area contributed by atoms with Gasteiger partial charge in [0.25, 0.3) is 0 Å². The zero-order chi connectivity index (χ0) is 13.8. The van der Waals surface area contributed by atoms with Gasteiger partial charge in [0.15, 0.2) is 5.78 Å². The minimum absolute atomic E-state index is 0.0677. The summed E-state index contributed by atoms with van der Waals surface area (Å²) >= 11 is 0. The number of hydrogen-bond acceptors (Lipinski definition) is 3. The minimum atomic E-state index is 0.0677. The van der Waals surface area contributed by atoms with Crippen molar-refractivity contribution in [3.8, 4) is 6.07 Å². The van der Waals surface area contributed by atoms with Crippen molar-refractivity contribution < 1.29 is 4.79 Å². The molecule has 1 fully saturated rings. The fourth-order valence-electron chi connectivity index (χ4n) is 2.78. The maximum Gasteiger partial charge on any atom is 0.161 e. The van der Waals surface area contributed by atoms with E-state index in [0.717, 1.165) is 30.8 Å². The van der Waals surface area contributed by atoms with Gasteiger partial charge in [0.05, 0.1) is 11.6 Å². The van der Waals surface area contributed by atoms with Gasteiger partial charge in [0, 0.05) is 24.3 Å². The number of benzene rings is 1. The summed E-state index contributed by atoms with van der Waals surface area (Å²) in [5.74, 6) is 0.761. The van der Waals surface area contributed by atoms with E-state index in [-0.39, 0.29) is 5.78 Å². The van der Waals surface area contributed by atoms with Crippen LogP contribution in [0, 0.1) is 17.2 Å². The molecule has 0 aromatic heterocycles. The molecule has 1 heterocycles. The second-order valence-corrected chi connectivity index (χ2v) is 5.26. The number of ketones is 1. The Morgan fingerprint density at radius 2 is 2.32 bits per heavy atom. The van der Waals surface area contributed by atoms with E-state index in [2.05, 4.69) is 17.9 Å². The van der Waals surface area contributed by atoms with Crippen molar-refractivity contribution in [2.75, 3.05) is 18.0 Å². The van der Waals surface area contributed by atoms with Crippen molar-refractivity contribution >= 4 is 11.5 Å². The van der Waals surface area contributed by atoms with Crippen molar-refractivity contribution in [1.29, 1.82) is 5.26 Å². The molecule has 0 aliphatic carbocycles. The summed E-state index contributed by atoms with van der Waals surface area (Å²) in [6.45, 7) is 5.77. The average Bonchev–Trinajstić information content (AvgIpc) is 2.46. The van der Waals surface area contributed by atoms with E-state index >= 15 is 0 Å². The molecule has 1 aliphatic heterocycles. The molecule has 1 saturated heterocycles. The van der Waals surface area contributed by atoms with Crippen LogP contribution >= 0.6 is 0 Å². The third-order valence-electron chi connectivity index (χ3n) is 3.94. The predicted molar refractivity (Wildman–Crippen MR) is 76.4 cm³/mol. The van der Waals surface area contributed by atoms with E-state index < -0.39 is 0 Å². The van der Waals surface area contributed by atoms with E-state index in [1.807, 2.05) is 6.07 Å². The zero-order valence-corrected chi connectivity index (χ0v) is 11.6. The predicted octanol–water partition coefficient (Wildman–Crippen LogP) is 3.39. The second-order valence-electron chi connectivity index (χ2n) is 5.26. The molecule has 100 valence electrons. The first-order chi connectivity index (χ1) is 9.15. The van der Waals surface area contributed by atoms with Crippen molar-refractivity contribution in [3.63, 3.8) is 0 Å². The van der Waals surface area contributed by atoms with Gasteiger partial charge in [-0.2, -0.15) is 5.26 Å². The highest BCUT2D eigenvalue weighted by Crippen LogP contribution is 2.28. The molecule has 2 rings (SSSR count). The molecule has 1 aliphatic rings. The maximum atomic E-state index is 11.7. The highest BCUT2D eigenvalue weighted by molar-refractivity contribution is 6.00. The van der Waals surface area contributed by atoms with Gasteiger partial charge >= 0.3 is 0 Å². The summed E-state index contributed by atoms with van der Waals surface area (Å²) in [4.78, 5) is 14.0. The lowest BCUT2D eigenvalue weighted by atomic mass is 9.94. The number of piperidine rings is 1. The molecule has 0 spiro atoms.